The van der Waals surface area contributed by atoms with Crippen LogP contribution in [0.25, 0.3) is 0 Å². The molecule has 1 spiro atoms. The summed E-state index contributed by atoms with van der Waals surface area (Å²) in [5.41, 5.74) is 0. The summed E-state index contributed by atoms with van der Waals surface area (Å²) in [6, 6.07) is -0.678. The zero-order valence-corrected chi connectivity index (χ0v) is 22.0. The number of hydrogen-bond donors (Lipinski definition) is 1. The number of carbonyl (C=O) groups excluding carboxylic acids is 3. The van der Waals surface area contributed by atoms with Crippen LogP contribution in [-0.2, 0) is 14.4 Å². The van der Waals surface area contributed by atoms with Gasteiger partial charge in [0.2, 0.25) is 17.7 Å². The molecule has 0 saturated carbocycles. The molecule has 190 valence electrons. The average molecular weight is 492 g/mol. The number of amides is 3. The lowest BCUT2D eigenvalue weighted by Crippen LogP contribution is -2.56. The van der Waals surface area contributed by atoms with E-state index in [1.807, 2.05) is 25.7 Å². The second kappa shape index (κ2) is 10.4. The Hall–Kier alpha value is -1.80. The van der Waals surface area contributed by atoms with Crippen LogP contribution in [-0.4, -0.2) is 91.9 Å². The van der Waals surface area contributed by atoms with Crippen LogP contribution in [0.2, 0.25) is 0 Å². The molecule has 34 heavy (non-hydrogen) atoms. The minimum atomic E-state index is -0.637. The molecule has 3 aliphatic rings. The Morgan fingerprint density at radius 3 is 2.47 bits per heavy atom. The maximum atomic E-state index is 14.0. The van der Waals surface area contributed by atoms with Gasteiger partial charge in [-0.1, -0.05) is 19.1 Å². The molecule has 0 radical (unpaired) electrons. The normalized spacial score (nSPS) is 31.6. The van der Waals surface area contributed by atoms with Crippen LogP contribution in [0.15, 0.2) is 25.3 Å². The zero-order valence-electron chi connectivity index (χ0n) is 21.2. The maximum Gasteiger partial charge on any atom is 0.247 e. The van der Waals surface area contributed by atoms with Crippen LogP contribution in [0, 0.1) is 11.8 Å². The van der Waals surface area contributed by atoms with Gasteiger partial charge >= 0.3 is 0 Å². The zero-order chi connectivity index (χ0) is 25.3. The first-order valence-electron chi connectivity index (χ1n) is 12.6. The first-order chi connectivity index (χ1) is 16.1. The van der Waals surface area contributed by atoms with Gasteiger partial charge in [0, 0.05) is 43.6 Å². The van der Waals surface area contributed by atoms with Gasteiger partial charge in [-0.3, -0.25) is 14.4 Å². The van der Waals surface area contributed by atoms with Gasteiger partial charge < -0.3 is 19.8 Å². The number of thioether (sulfide) groups is 1. The van der Waals surface area contributed by atoms with E-state index in [4.69, 9.17) is 0 Å². The van der Waals surface area contributed by atoms with E-state index >= 15 is 0 Å². The van der Waals surface area contributed by atoms with Gasteiger partial charge in [0.1, 0.15) is 6.04 Å². The third kappa shape index (κ3) is 4.21. The van der Waals surface area contributed by atoms with Crippen molar-refractivity contribution < 1.29 is 19.5 Å². The van der Waals surface area contributed by atoms with E-state index < -0.39 is 22.6 Å². The van der Waals surface area contributed by atoms with Crippen molar-refractivity contribution in [2.24, 2.45) is 11.8 Å². The molecule has 1 N–H and O–H groups in total. The number of nitrogens with zero attached hydrogens (tertiary/aromatic N) is 3. The lowest BCUT2D eigenvalue weighted by Gasteiger charge is -2.39. The molecule has 3 aliphatic heterocycles. The van der Waals surface area contributed by atoms with Gasteiger partial charge in [-0.2, -0.15) is 0 Å². The Morgan fingerprint density at radius 2 is 1.91 bits per heavy atom. The number of fused-ring (bicyclic) bond motifs is 1. The molecule has 8 heteroatoms. The largest absolute Gasteiger partial charge is 0.396 e. The number of aliphatic hydroxyl groups excluding tert-OH is 1. The van der Waals surface area contributed by atoms with Crippen molar-refractivity contribution in [2.75, 3.05) is 32.8 Å². The highest BCUT2D eigenvalue weighted by atomic mass is 32.2. The van der Waals surface area contributed by atoms with Crippen molar-refractivity contribution in [3.8, 4) is 0 Å². The second-order valence-electron chi connectivity index (χ2n) is 10.3. The number of hydrogen-bond acceptors (Lipinski definition) is 5. The fourth-order valence-electron chi connectivity index (χ4n) is 6.33. The quantitative estimate of drug-likeness (QED) is 0.425. The van der Waals surface area contributed by atoms with Gasteiger partial charge in [0.15, 0.2) is 0 Å². The Morgan fingerprint density at radius 1 is 1.24 bits per heavy atom. The summed E-state index contributed by atoms with van der Waals surface area (Å²) < 4.78 is -1.01. The molecule has 3 amide bonds. The third-order valence-corrected chi connectivity index (χ3v) is 9.71. The van der Waals surface area contributed by atoms with E-state index in [2.05, 4.69) is 20.1 Å². The van der Waals surface area contributed by atoms with E-state index in [0.29, 0.717) is 32.6 Å². The van der Waals surface area contributed by atoms with E-state index in [0.717, 1.165) is 19.3 Å². The highest BCUT2D eigenvalue weighted by molar-refractivity contribution is 8.02. The predicted octanol–water partition coefficient (Wildman–Crippen LogP) is 2.70. The van der Waals surface area contributed by atoms with Crippen molar-refractivity contribution in [1.29, 1.82) is 0 Å². The van der Waals surface area contributed by atoms with Crippen molar-refractivity contribution in [3.05, 3.63) is 25.3 Å². The van der Waals surface area contributed by atoms with Crippen LogP contribution in [0.3, 0.4) is 0 Å². The molecule has 3 fully saturated rings. The van der Waals surface area contributed by atoms with Crippen LogP contribution < -0.4 is 0 Å². The Labute approximate surface area is 208 Å². The predicted molar refractivity (Wildman–Crippen MR) is 136 cm³/mol. The number of rotatable bonds is 12. The molecule has 0 aliphatic carbocycles. The topological polar surface area (TPSA) is 81.2 Å². The second-order valence-corrected chi connectivity index (χ2v) is 12.2. The monoisotopic (exact) mass is 491 g/mol. The Kier molecular flexibility index (Phi) is 8.23. The molecular formula is C26H41N3O4S. The highest BCUT2D eigenvalue weighted by Gasteiger charge is 2.77. The van der Waals surface area contributed by atoms with E-state index in [1.165, 1.54) is 0 Å². The molecule has 0 aromatic heterocycles. The fourth-order valence-corrected chi connectivity index (χ4v) is 8.67. The van der Waals surface area contributed by atoms with Gasteiger partial charge in [0.05, 0.1) is 16.6 Å². The number of carbonyl (C=O) groups is 3. The first-order valence-corrected chi connectivity index (χ1v) is 13.4. The highest BCUT2D eigenvalue weighted by Crippen LogP contribution is 2.71. The number of likely N-dealkylation sites (tertiary alicyclic amines) is 1. The fraction of sp³-hybridized carbons (Fsp3) is 0.731. The summed E-state index contributed by atoms with van der Waals surface area (Å²) >= 11 is 1.69. The van der Waals surface area contributed by atoms with E-state index in [1.54, 1.807) is 33.7 Å². The summed E-state index contributed by atoms with van der Waals surface area (Å²) in [5.74, 6) is -1.19. The molecule has 7 nitrogen and oxygen atoms in total. The third-order valence-electron chi connectivity index (χ3n) is 7.72. The van der Waals surface area contributed by atoms with Crippen molar-refractivity contribution in [1.82, 2.24) is 14.7 Å². The minimum absolute atomic E-state index is 0.00121. The average Bonchev–Trinajstić information content (AvgIpc) is 3.35. The molecule has 3 heterocycles. The van der Waals surface area contributed by atoms with E-state index in [-0.39, 0.29) is 35.1 Å². The lowest BCUT2D eigenvalue weighted by molar-refractivity contribution is -0.146. The summed E-state index contributed by atoms with van der Waals surface area (Å²) in [6.45, 7) is 17.4. The molecule has 3 rings (SSSR count). The van der Waals surface area contributed by atoms with Crippen LogP contribution in [0.1, 0.15) is 53.4 Å². The van der Waals surface area contributed by atoms with Crippen molar-refractivity contribution in [2.45, 2.75) is 75.0 Å². The molecule has 0 aromatic rings. The Bertz CT molecular complexity index is 833. The van der Waals surface area contributed by atoms with Crippen LogP contribution in [0.5, 0.6) is 0 Å². The van der Waals surface area contributed by atoms with Crippen molar-refractivity contribution in [3.63, 3.8) is 0 Å². The van der Waals surface area contributed by atoms with E-state index in [9.17, 15) is 19.5 Å². The summed E-state index contributed by atoms with van der Waals surface area (Å²) in [5, 5.41) is 9.50. The summed E-state index contributed by atoms with van der Waals surface area (Å²) in [7, 11) is 0. The standard InChI is InChI=1S/C26H41N3O4S/c1-7-13-27(14-8-2)22(31)19-20-23(32)29(16-10-17-30)21(24(33)28(15-9-3)18(4)5)26(20)12-11-25(19,6)34-26/h7,9,18-21,30H,1,3,8,10-17H2,2,4-6H3/t19-,20-,21?,25+,26?/m0/s1. The van der Waals surface area contributed by atoms with Gasteiger partial charge in [-0.15, -0.1) is 24.9 Å². The number of aliphatic hydroxyl groups is 1. The molecular weight excluding hydrogens is 450 g/mol. The van der Waals surface area contributed by atoms with Crippen LogP contribution in [0.4, 0.5) is 0 Å². The Balaban J connectivity index is 2.07. The van der Waals surface area contributed by atoms with Crippen molar-refractivity contribution >= 4 is 29.5 Å². The summed E-state index contributed by atoms with van der Waals surface area (Å²) in [6.07, 6.45) is 6.21. The van der Waals surface area contributed by atoms with Gasteiger partial charge in [0.25, 0.3) is 0 Å². The lowest BCUT2D eigenvalue weighted by atomic mass is 9.66. The molecule has 3 saturated heterocycles. The molecule has 2 bridgehead atoms. The molecule has 2 unspecified atom stereocenters. The molecule has 0 aromatic carbocycles. The first kappa shape index (κ1) is 26.8. The van der Waals surface area contributed by atoms with Gasteiger partial charge in [-0.25, -0.2) is 0 Å². The van der Waals surface area contributed by atoms with Gasteiger partial charge in [-0.05, 0) is 46.5 Å². The minimum Gasteiger partial charge on any atom is -0.396 e. The smallest absolute Gasteiger partial charge is 0.247 e. The maximum absolute atomic E-state index is 14.0. The summed E-state index contributed by atoms with van der Waals surface area (Å²) in [4.78, 5) is 47.2. The van der Waals surface area contributed by atoms with Crippen LogP contribution >= 0.6 is 11.8 Å². The SMILES string of the molecule is C=CCN(CCC)C(=O)[C@@H]1[C@H]2C(=O)N(CCCO)C(C(=O)N(CC=C)C(C)C)C23CC[C@@]1(C)S3. The molecule has 5 atom stereocenters.